The summed E-state index contributed by atoms with van der Waals surface area (Å²) in [6.45, 7) is 12.9. The van der Waals surface area contributed by atoms with E-state index in [-0.39, 0.29) is 5.41 Å². The van der Waals surface area contributed by atoms with Gasteiger partial charge in [-0.25, -0.2) is 9.59 Å². The maximum Gasteiger partial charge on any atom is 0.338 e. The number of carbonyl (C=O) groups excluding carboxylic acids is 2. The highest BCUT2D eigenvalue weighted by Crippen LogP contribution is 2.64. The fourth-order valence-corrected chi connectivity index (χ4v) is 4.67. The number of fused-ring (bicyclic) bond motifs is 6. The molecule has 1 fully saturated rings. The molecule has 2 aliphatic rings. The maximum absolute atomic E-state index is 12.4. The van der Waals surface area contributed by atoms with E-state index in [9.17, 15) is 9.59 Å². The Hall–Kier alpha value is -2.88. The molecule has 0 N–H and O–H groups in total. The first-order valence-electron chi connectivity index (χ1n) is 9.57. The van der Waals surface area contributed by atoms with Crippen molar-refractivity contribution in [3.8, 4) is 11.5 Å². The molecule has 2 bridgehead atoms. The second kappa shape index (κ2) is 6.33. The van der Waals surface area contributed by atoms with Crippen LogP contribution in [0.4, 0.5) is 0 Å². The van der Waals surface area contributed by atoms with E-state index in [1.165, 1.54) is 0 Å². The summed E-state index contributed by atoms with van der Waals surface area (Å²) < 4.78 is 11.7. The maximum atomic E-state index is 12.4. The van der Waals surface area contributed by atoms with Gasteiger partial charge in [-0.3, -0.25) is 0 Å². The third kappa shape index (κ3) is 2.67. The number of ether oxygens (including phenoxy) is 2. The Bertz CT molecular complexity index is 1060. The molecule has 0 spiro atoms. The van der Waals surface area contributed by atoms with Gasteiger partial charge in [0.25, 0.3) is 0 Å². The minimum absolute atomic E-state index is 0.0981. The molecule has 0 amide bonds. The van der Waals surface area contributed by atoms with E-state index in [4.69, 9.17) is 9.47 Å². The van der Waals surface area contributed by atoms with Crippen LogP contribution < -0.4 is 9.47 Å². The van der Waals surface area contributed by atoms with Crippen LogP contribution in [0.15, 0.2) is 48.6 Å². The van der Waals surface area contributed by atoms with Gasteiger partial charge in [0.1, 0.15) is 11.5 Å². The van der Waals surface area contributed by atoms with Gasteiger partial charge in [-0.2, -0.15) is 0 Å². The van der Waals surface area contributed by atoms with E-state index < -0.39 is 11.9 Å². The summed E-state index contributed by atoms with van der Waals surface area (Å²) in [4.78, 5) is 24.8. The summed E-state index contributed by atoms with van der Waals surface area (Å²) in [6.07, 6.45) is 3.02. The number of hydrogen-bond donors (Lipinski definition) is 0. The van der Waals surface area contributed by atoms with Gasteiger partial charge in [0.15, 0.2) is 0 Å². The monoisotopic (exact) mass is 376 g/mol. The van der Waals surface area contributed by atoms with Gasteiger partial charge < -0.3 is 9.47 Å². The minimum Gasteiger partial charge on any atom is -0.422 e. The lowest BCUT2D eigenvalue weighted by Crippen LogP contribution is -2.21. The summed E-state index contributed by atoms with van der Waals surface area (Å²) in [7, 11) is 0. The first-order chi connectivity index (χ1) is 13.2. The van der Waals surface area contributed by atoms with Crippen molar-refractivity contribution < 1.29 is 19.1 Å². The molecule has 4 nitrogen and oxygen atoms in total. The molecule has 0 radical (unpaired) electrons. The second-order valence-corrected chi connectivity index (χ2v) is 8.33. The predicted molar refractivity (Wildman–Crippen MR) is 109 cm³/mol. The van der Waals surface area contributed by atoms with E-state index in [0.717, 1.165) is 41.2 Å². The highest BCUT2D eigenvalue weighted by Gasteiger charge is 2.50. The smallest absolute Gasteiger partial charge is 0.338 e. The lowest BCUT2D eigenvalue weighted by atomic mass is 9.78. The molecule has 2 unspecified atom stereocenters. The molecule has 2 aromatic rings. The van der Waals surface area contributed by atoms with Crippen molar-refractivity contribution in [3.05, 3.63) is 59.7 Å². The Morgan fingerprint density at radius 1 is 1.00 bits per heavy atom. The van der Waals surface area contributed by atoms with Crippen LogP contribution in [0.2, 0.25) is 0 Å². The van der Waals surface area contributed by atoms with Crippen LogP contribution in [-0.2, 0) is 15.0 Å². The van der Waals surface area contributed by atoms with Crippen LogP contribution in [0.1, 0.15) is 57.1 Å². The highest BCUT2D eigenvalue weighted by atomic mass is 16.5. The summed E-state index contributed by atoms with van der Waals surface area (Å²) >= 11 is 0. The Kier molecular flexibility index (Phi) is 4.18. The van der Waals surface area contributed by atoms with E-state index >= 15 is 0 Å². The predicted octanol–water partition coefficient (Wildman–Crippen LogP) is 5.34. The van der Waals surface area contributed by atoms with Gasteiger partial charge >= 0.3 is 11.9 Å². The highest BCUT2D eigenvalue weighted by molar-refractivity contribution is 6.02. The molecule has 0 aromatic heterocycles. The third-order valence-corrected chi connectivity index (χ3v) is 6.00. The van der Waals surface area contributed by atoms with Crippen molar-refractivity contribution in [2.45, 2.75) is 51.4 Å². The number of carbonyl (C=O) groups is 2. The van der Waals surface area contributed by atoms with E-state index in [0.29, 0.717) is 28.6 Å². The zero-order chi connectivity index (χ0) is 20.2. The van der Waals surface area contributed by atoms with Gasteiger partial charge in [-0.1, -0.05) is 44.3 Å². The van der Waals surface area contributed by atoms with Crippen molar-refractivity contribution in [1.82, 2.24) is 0 Å². The van der Waals surface area contributed by atoms with Crippen molar-refractivity contribution in [2.24, 2.45) is 0 Å². The molecule has 1 saturated carbocycles. The average molecular weight is 376 g/mol. The van der Waals surface area contributed by atoms with Crippen LogP contribution in [0.3, 0.4) is 0 Å². The molecule has 2 aromatic carbocycles. The largest absolute Gasteiger partial charge is 0.422 e. The summed E-state index contributed by atoms with van der Waals surface area (Å²) in [5, 5.41) is 1.55. The molecule has 2 atom stereocenters. The Morgan fingerprint density at radius 3 is 2.11 bits per heavy atom. The molecular formula is C24H24O4. The normalized spacial score (nSPS) is 22.0. The fraction of sp³-hybridized carbons (Fsp3) is 0.333. The van der Waals surface area contributed by atoms with E-state index in [2.05, 4.69) is 20.1 Å². The Morgan fingerprint density at radius 2 is 1.54 bits per heavy atom. The molecule has 0 aliphatic heterocycles. The zero-order valence-electron chi connectivity index (χ0n) is 16.6. The number of rotatable bonds is 4. The number of benzene rings is 2. The molecule has 4 heteroatoms. The van der Waals surface area contributed by atoms with E-state index in [1.807, 2.05) is 24.3 Å². The molecule has 4 rings (SSSR count). The average Bonchev–Trinajstić information content (AvgIpc) is 3.17. The van der Waals surface area contributed by atoms with Crippen molar-refractivity contribution in [1.29, 1.82) is 0 Å². The van der Waals surface area contributed by atoms with Crippen LogP contribution in [0.25, 0.3) is 10.8 Å². The Labute approximate surface area is 164 Å². The number of hydrogen-bond acceptors (Lipinski definition) is 4. The fourth-order valence-electron chi connectivity index (χ4n) is 4.67. The van der Waals surface area contributed by atoms with Crippen molar-refractivity contribution >= 4 is 22.7 Å². The van der Waals surface area contributed by atoms with Gasteiger partial charge in [-0.15, -0.1) is 0 Å². The second-order valence-electron chi connectivity index (χ2n) is 8.33. The molecule has 28 heavy (non-hydrogen) atoms. The molecular weight excluding hydrogens is 352 g/mol. The molecule has 144 valence electrons. The van der Waals surface area contributed by atoms with Crippen LogP contribution in [0.5, 0.6) is 11.5 Å². The quantitative estimate of drug-likeness (QED) is 0.410. The van der Waals surface area contributed by atoms with Gasteiger partial charge in [-0.05, 0) is 44.4 Å². The Balaban J connectivity index is 2.03. The van der Waals surface area contributed by atoms with Gasteiger partial charge in [0.2, 0.25) is 0 Å². The molecule has 0 heterocycles. The summed E-state index contributed by atoms with van der Waals surface area (Å²) in [5.41, 5.74) is 2.61. The van der Waals surface area contributed by atoms with Crippen LogP contribution >= 0.6 is 0 Å². The molecule has 0 saturated heterocycles. The van der Waals surface area contributed by atoms with Crippen LogP contribution in [-0.4, -0.2) is 11.9 Å². The van der Waals surface area contributed by atoms with Gasteiger partial charge in [0.05, 0.1) is 0 Å². The number of esters is 2. The lowest BCUT2D eigenvalue weighted by molar-refractivity contribution is -0.131. The minimum atomic E-state index is -0.439. The zero-order valence-corrected chi connectivity index (χ0v) is 16.6. The topological polar surface area (TPSA) is 52.6 Å². The van der Waals surface area contributed by atoms with E-state index in [1.54, 1.807) is 13.8 Å². The van der Waals surface area contributed by atoms with Gasteiger partial charge in [0, 0.05) is 33.0 Å². The SMILES string of the molecule is C=C(C)C(=O)Oc1c2c(c(OC(=O)C(=C)C)c3ccccc13)C1(C)CCC2C1. The third-order valence-electron chi connectivity index (χ3n) is 6.00. The summed E-state index contributed by atoms with van der Waals surface area (Å²) in [5.74, 6) is 0.581. The molecule has 2 aliphatic carbocycles. The summed E-state index contributed by atoms with van der Waals surface area (Å²) in [6, 6.07) is 7.60. The van der Waals surface area contributed by atoms with Crippen LogP contribution in [0, 0.1) is 0 Å². The van der Waals surface area contributed by atoms with Crippen molar-refractivity contribution in [2.75, 3.05) is 0 Å². The first-order valence-corrected chi connectivity index (χ1v) is 9.57. The lowest BCUT2D eigenvalue weighted by Gasteiger charge is -2.29. The standard InChI is InChI=1S/C24H24O4/c1-13(2)22(25)27-20-16-8-6-7-9-17(16)21(28-23(26)14(3)4)19-18(20)15-10-11-24(19,5)12-15/h6-9,15H,1,3,10-12H2,2,4-5H3. The van der Waals surface area contributed by atoms with Crippen molar-refractivity contribution in [3.63, 3.8) is 0 Å². The first kappa shape index (κ1) is 18.5.